The average molecular weight is 398 g/mol. The van der Waals surface area contributed by atoms with Crippen LogP contribution in [-0.2, 0) is 9.53 Å². The highest BCUT2D eigenvalue weighted by Gasteiger charge is 2.23. The van der Waals surface area contributed by atoms with E-state index in [4.69, 9.17) is 16.3 Å². The standard InChI is InChI=1S/C21H20ClN3O3/c1-13-12-16(14(2)25(13)19-10-6-7-11-23-19)21(27)28-15(3)20(26)24-18-9-5-4-8-17(18)22/h4-12,15H,1-3H3,(H,24,26). The summed E-state index contributed by atoms with van der Waals surface area (Å²) in [4.78, 5) is 29.3. The number of nitrogens with one attached hydrogen (secondary N) is 1. The number of halogens is 1. The van der Waals surface area contributed by atoms with Crippen molar-refractivity contribution >= 4 is 29.2 Å². The van der Waals surface area contributed by atoms with Crippen LogP contribution in [0.4, 0.5) is 5.69 Å². The lowest BCUT2D eigenvalue weighted by atomic mass is 10.2. The first-order valence-corrected chi connectivity index (χ1v) is 9.13. The zero-order chi connectivity index (χ0) is 20.3. The number of pyridine rings is 1. The summed E-state index contributed by atoms with van der Waals surface area (Å²) in [5.74, 6) is -0.321. The molecular formula is C21H20ClN3O3. The Bertz CT molecular complexity index is 1010. The molecule has 6 nitrogen and oxygen atoms in total. The van der Waals surface area contributed by atoms with Gasteiger partial charge in [-0.3, -0.25) is 4.79 Å². The molecule has 2 heterocycles. The quantitative estimate of drug-likeness (QED) is 0.650. The average Bonchev–Trinajstić information content (AvgIpc) is 2.98. The third-order valence-corrected chi connectivity index (χ3v) is 4.64. The molecule has 3 rings (SSSR count). The number of amides is 1. The number of aryl methyl sites for hydroxylation is 1. The number of benzene rings is 1. The molecule has 0 aliphatic carbocycles. The van der Waals surface area contributed by atoms with Crippen molar-refractivity contribution in [1.82, 2.24) is 9.55 Å². The summed E-state index contributed by atoms with van der Waals surface area (Å²) in [6.07, 6.45) is 0.703. The number of aromatic nitrogens is 2. The van der Waals surface area contributed by atoms with E-state index < -0.39 is 18.0 Å². The molecule has 1 aromatic carbocycles. The molecule has 1 atom stereocenters. The highest BCUT2D eigenvalue weighted by molar-refractivity contribution is 6.33. The minimum atomic E-state index is -0.985. The smallest absolute Gasteiger partial charge is 0.340 e. The molecule has 0 saturated heterocycles. The van der Waals surface area contributed by atoms with Crippen molar-refractivity contribution < 1.29 is 14.3 Å². The van der Waals surface area contributed by atoms with E-state index in [1.807, 2.05) is 36.6 Å². The summed E-state index contributed by atoms with van der Waals surface area (Å²) >= 11 is 6.04. The molecule has 0 fully saturated rings. The fourth-order valence-corrected chi connectivity index (χ4v) is 3.07. The lowest BCUT2D eigenvalue weighted by Crippen LogP contribution is -2.30. The zero-order valence-corrected chi connectivity index (χ0v) is 16.5. The molecule has 0 spiro atoms. The van der Waals surface area contributed by atoms with Gasteiger partial charge in [0.1, 0.15) is 5.82 Å². The van der Waals surface area contributed by atoms with Gasteiger partial charge >= 0.3 is 5.97 Å². The summed E-state index contributed by atoms with van der Waals surface area (Å²) in [5, 5.41) is 3.07. The number of anilines is 1. The molecule has 1 amide bonds. The van der Waals surface area contributed by atoms with Crippen LogP contribution in [0.5, 0.6) is 0 Å². The second-order valence-corrected chi connectivity index (χ2v) is 6.73. The molecule has 0 aliphatic heterocycles. The van der Waals surface area contributed by atoms with Crippen molar-refractivity contribution in [2.24, 2.45) is 0 Å². The number of hydrogen-bond donors (Lipinski definition) is 1. The van der Waals surface area contributed by atoms with Crippen molar-refractivity contribution in [3.05, 3.63) is 76.7 Å². The molecule has 0 aliphatic rings. The summed E-state index contributed by atoms with van der Waals surface area (Å²) in [6.45, 7) is 5.21. The Morgan fingerprint density at radius 3 is 2.54 bits per heavy atom. The molecule has 7 heteroatoms. The molecule has 3 aromatic rings. The van der Waals surface area contributed by atoms with Gasteiger partial charge in [0.2, 0.25) is 0 Å². The van der Waals surface area contributed by atoms with Crippen molar-refractivity contribution in [3.8, 4) is 5.82 Å². The van der Waals surface area contributed by atoms with E-state index in [1.54, 1.807) is 36.5 Å². The van der Waals surface area contributed by atoms with Gasteiger partial charge in [0.25, 0.3) is 5.91 Å². The largest absolute Gasteiger partial charge is 0.449 e. The third-order valence-electron chi connectivity index (χ3n) is 4.31. The van der Waals surface area contributed by atoms with Gasteiger partial charge in [-0.1, -0.05) is 29.8 Å². The van der Waals surface area contributed by atoms with Crippen LogP contribution in [0, 0.1) is 13.8 Å². The fraction of sp³-hybridized carbons (Fsp3) is 0.190. The topological polar surface area (TPSA) is 73.2 Å². The van der Waals surface area contributed by atoms with Gasteiger partial charge in [-0.25, -0.2) is 9.78 Å². The normalized spacial score (nSPS) is 11.7. The molecule has 28 heavy (non-hydrogen) atoms. The Hall–Kier alpha value is -3.12. The molecule has 0 radical (unpaired) electrons. The van der Waals surface area contributed by atoms with E-state index >= 15 is 0 Å². The number of carbonyl (C=O) groups is 2. The van der Waals surface area contributed by atoms with Crippen LogP contribution in [0.25, 0.3) is 5.82 Å². The predicted octanol–water partition coefficient (Wildman–Crippen LogP) is 4.33. The summed E-state index contributed by atoms with van der Waals surface area (Å²) < 4.78 is 7.23. The molecular weight excluding hydrogens is 378 g/mol. The molecule has 2 aromatic heterocycles. The van der Waals surface area contributed by atoms with Crippen LogP contribution in [0.15, 0.2) is 54.7 Å². The highest BCUT2D eigenvalue weighted by atomic mass is 35.5. The summed E-state index contributed by atoms with van der Waals surface area (Å²) in [7, 11) is 0. The van der Waals surface area contributed by atoms with Crippen molar-refractivity contribution in [1.29, 1.82) is 0 Å². The second-order valence-electron chi connectivity index (χ2n) is 6.32. The van der Waals surface area contributed by atoms with Crippen LogP contribution >= 0.6 is 11.6 Å². The van der Waals surface area contributed by atoms with Crippen LogP contribution in [0.2, 0.25) is 5.02 Å². The van der Waals surface area contributed by atoms with Crippen molar-refractivity contribution in [2.75, 3.05) is 5.32 Å². The Morgan fingerprint density at radius 1 is 1.14 bits per heavy atom. The maximum Gasteiger partial charge on any atom is 0.340 e. The Morgan fingerprint density at radius 2 is 1.86 bits per heavy atom. The van der Waals surface area contributed by atoms with Gasteiger partial charge in [0, 0.05) is 17.6 Å². The first kappa shape index (κ1) is 19.6. The van der Waals surface area contributed by atoms with E-state index in [-0.39, 0.29) is 0 Å². The Kier molecular flexibility index (Phi) is 5.80. The molecule has 0 saturated carbocycles. The van der Waals surface area contributed by atoms with E-state index in [0.717, 1.165) is 5.69 Å². The first-order chi connectivity index (χ1) is 13.4. The SMILES string of the molecule is Cc1cc(C(=O)OC(C)C(=O)Nc2ccccc2Cl)c(C)n1-c1ccccn1. The van der Waals surface area contributed by atoms with Crippen LogP contribution < -0.4 is 5.32 Å². The number of nitrogens with zero attached hydrogens (tertiary/aromatic N) is 2. The lowest BCUT2D eigenvalue weighted by Gasteiger charge is -2.14. The van der Waals surface area contributed by atoms with Crippen LogP contribution in [0.1, 0.15) is 28.7 Å². The van der Waals surface area contributed by atoms with E-state index in [1.165, 1.54) is 6.92 Å². The highest BCUT2D eigenvalue weighted by Crippen LogP contribution is 2.22. The van der Waals surface area contributed by atoms with Gasteiger partial charge in [-0.2, -0.15) is 0 Å². The number of carbonyl (C=O) groups excluding carboxylic acids is 2. The number of hydrogen-bond acceptors (Lipinski definition) is 4. The van der Waals surface area contributed by atoms with Gasteiger partial charge in [-0.05, 0) is 51.1 Å². The maximum atomic E-state index is 12.6. The minimum Gasteiger partial charge on any atom is -0.449 e. The lowest BCUT2D eigenvalue weighted by molar-refractivity contribution is -0.123. The third kappa shape index (κ3) is 4.07. The predicted molar refractivity (Wildman–Crippen MR) is 108 cm³/mol. The number of ether oxygens (including phenoxy) is 1. The maximum absolute atomic E-state index is 12.6. The minimum absolute atomic E-state index is 0.389. The zero-order valence-electron chi connectivity index (χ0n) is 15.8. The van der Waals surface area contributed by atoms with Gasteiger partial charge in [0.15, 0.2) is 6.10 Å². The number of rotatable bonds is 5. The van der Waals surface area contributed by atoms with Crippen molar-refractivity contribution in [3.63, 3.8) is 0 Å². The van der Waals surface area contributed by atoms with Gasteiger partial charge < -0.3 is 14.6 Å². The fourth-order valence-electron chi connectivity index (χ4n) is 2.88. The molecule has 1 unspecified atom stereocenters. The molecule has 0 bridgehead atoms. The monoisotopic (exact) mass is 397 g/mol. The molecule has 144 valence electrons. The number of esters is 1. The summed E-state index contributed by atoms with van der Waals surface area (Å²) in [5.41, 5.74) is 2.39. The van der Waals surface area contributed by atoms with E-state index in [0.29, 0.717) is 27.8 Å². The van der Waals surface area contributed by atoms with Crippen molar-refractivity contribution in [2.45, 2.75) is 26.9 Å². The molecule has 1 N–H and O–H groups in total. The van der Waals surface area contributed by atoms with Gasteiger partial charge in [-0.15, -0.1) is 0 Å². The summed E-state index contributed by atoms with van der Waals surface area (Å²) in [6, 6.07) is 14.1. The number of para-hydroxylation sites is 1. The first-order valence-electron chi connectivity index (χ1n) is 8.75. The van der Waals surface area contributed by atoms with E-state index in [2.05, 4.69) is 10.3 Å². The van der Waals surface area contributed by atoms with Gasteiger partial charge in [0.05, 0.1) is 16.3 Å². The van der Waals surface area contributed by atoms with Crippen LogP contribution in [-0.4, -0.2) is 27.5 Å². The second kappa shape index (κ2) is 8.27. The Labute approximate surface area is 168 Å². The van der Waals surface area contributed by atoms with E-state index in [9.17, 15) is 9.59 Å². The van der Waals surface area contributed by atoms with Crippen LogP contribution in [0.3, 0.4) is 0 Å². The Balaban J connectivity index is 1.74.